The predicted octanol–water partition coefficient (Wildman–Crippen LogP) is 2.47. The lowest BCUT2D eigenvalue weighted by Gasteiger charge is -2.26. The molecule has 2 rings (SSSR count). The minimum Gasteiger partial charge on any atom is -0.357 e. The van der Waals surface area contributed by atoms with Gasteiger partial charge in [0.2, 0.25) is 0 Å². The van der Waals surface area contributed by atoms with Crippen molar-refractivity contribution in [3.8, 4) is 0 Å². The number of guanidine groups is 1. The summed E-state index contributed by atoms with van der Waals surface area (Å²) in [6.45, 7) is 11.2. The number of aromatic nitrogens is 3. The SMILES string of the molecule is CCNC(=NCC(C)(C)SC)NC1CCc2nc(CC)nn2C1.I. The third kappa shape index (κ3) is 6.09. The van der Waals surface area contributed by atoms with Crippen LogP contribution in [0.25, 0.3) is 0 Å². The highest BCUT2D eigenvalue weighted by atomic mass is 127. The molecule has 2 heterocycles. The highest BCUT2D eigenvalue weighted by molar-refractivity contribution is 14.0. The first-order valence-corrected chi connectivity index (χ1v) is 9.72. The average Bonchev–Trinajstić information content (AvgIpc) is 2.95. The molecular weight excluding hydrogens is 435 g/mol. The Hall–Kier alpha value is -0.510. The Balaban J connectivity index is 0.00000288. The zero-order valence-corrected chi connectivity index (χ0v) is 18.6. The molecule has 1 aromatic heterocycles. The molecule has 1 aliphatic rings. The van der Waals surface area contributed by atoms with Crippen molar-refractivity contribution in [2.75, 3.05) is 19.3 Å². The molecule has 0 fully saturated rings. The zero-order valence-electron chi connectivity index (χ0n) is 15.4. The maximum absolute atomic E-state index is 4.76. The number of aliphatic imine (C=N–C) groups is 1. The second-order valence-corrected chi connectivity index (χ2v) is 8.03. The van der Waals surface area contributed by atoms with Crippen LogP contribution in [0.15, 0.2) is 4.99 Å². The van der Waals surface area contributed by atoms with E-state index in [-0.39, 0.29) is 28.7 Å². The lowest BCUT2D eigenvalue weighted by Crippen LogP contribution is -2.47. The van der Waals surface area contributed by atoms with E-state index in [4.69, 9.17) is 4.99 Å². The molecule has 1 aliphatic heterocycles. The third-order valence-electron chi connectivity index (χ3n) is 4.07. The number of rotatable bonds is 6. The Morgan fingerprint density at radius 3 is 2.79 bits per heavy atom. The Bertz CT molecular complexity index is 543. The van der Waals surface area contributed by atoms with E-state index in [1.165, 1.54) is 0 Å². The first kappa shape index (κ1) is 21.5. The maximum atomic E-state index is 4.76. The third-order valence-corrected chi connectivity index (χ3v) is 5.31. The van der Waals surface area contributed by atoms with Gasteiger partial charge in [-0.05, 0) is 33.4 Å². The van der Waals surface area contributed by atoms with Gasteiger partial charge in [0.15, 0.2) is 11.8 Å². The van der Waals surface area contributed by atoms with Gasteiger partial charge in [-0.25, -0.2) is 9.67 Å². The van der Waals surface area contributed by atoms with Gasteiger partial charge in [-0.3, -0.25) is 4.99 Å². The van der Waals surface area contributed by atoms with Crippen molar-refractivity contribution in [1.82, 2.24) is 25.4 Å². The summed E-state index contributed by atoms with van der Waals surface area (Å²) < 4.78 is 2.21. The van der Waals surface area contributed by atoms with Gasteiger partial charge in [0.1, 0.15) is 5.82 Å². The molecule has 0 radical (unpaired) electrons. The number of hydrogen-bond donors (Lipinski definition) is 2. The average molecular weight is 466 g/mol. The van der Waals surface area contributed by atoms with E-state index in [9.17, 15) is 0 Å². The molecule has 0 saturated carbocycles. The van der Waals surface area contributed by atoms with Crippen LogP contribution in [0, 0.1) is 0 Å². The van der Waals surface area contributed by atoms with Gasteiger partial charge in [-0.2, -0.15) is 16.9 Å². The zero-order chi connectivity index (χ0) is 16.9. The van der Waals surface area contributed by atoms with E-state index >= 15 is 0 Å². The van der Waals surface area contributed by atoms with Crippen LogP contribution in [0.3, 0.4) is 0 Å². The van der Waals surface area contributed by atoms with Gasteiger partial charge in [-0.1, -0.05) is 6.92 Å². The van der Waals surface area contributed by atoms with E-state index in [1.807, 2.05) is 11.8 Å². The number of fused-ring (bicyclic) bond motifs is 1. The Kier molecular flexibility index (Phi) is 8.83. The molecule has 0 saturated heterocycles. The van der Waals surface area contributed by atoms with Crippen molar-refractivity contribution >= 4 is 41.7 Å². The highest BCUT2D eigenvalue weighted by Gasteiger charge is 2.22. The normalized spacial score (nSPS) is 17.9. The first-order valence-electron chi connectivity index (χ1n) is 8.50. The number of nitrogens with zero attached hydrogens (tertiary/aromatic N) is 4. The largest absolute Gasteiger partial charge is 0.357 e. The van der Waals surface area contributed by atoms with Crippen molar-refractivity contribution < 1.29 is 0 Å². The molecular formula is C16H31IN6S. The van der Waals surface area contributed by atoms with E-state index in [0.717, 1.165) is 56.5 Å². The molecule has 1 atom stereocenters. The van der Waals surface area contributed by atoms with Crippen LogP contribution in [0.5, 0.6) is 0 Å². The summed E-state index contributed by atoms with van der Waals surface area (Å²) in [5, 5.41) is 11.5. The fourth-order valence-electron chi connectivity index (χ4n) is 2.48. The van der Waals surface area contributed by atoms with Gasteiger partial charge in [0.25, 0.3) is 0 Å². The summed E-state index contributed by atoms with van der Waals surface area (Å²) in [5.74, 6) is 2.97. The molecule has 1 aromatic rings. The molecule has 24 heavy (non-hydrogen) atoms. The molecule has 6 nitrogen and oxygen atoms in total. The maximum Gasteiger partial charge on any atom is 0.191 e. The quantitative estimate of drug-likeness (QED) is 0.383. The summed E-state index contributed by atoms with van der Waals surface area (Å²) in [7, 11) is 0. The van der Waals surface area contributed by atoms with Crippen LogP contribution < -0.4 is 10.6 Å². The predicted molar refractivity (Wildman–Crippen MR) is 114 cm³/mol. The highest BCUT2D eigenvalue weighted by Crippen LogP contribution is 2.21. The molecule has 0 bridgehead atoms. The van der Waals surface area contributed by atoms with Crippen molar-refractivity contribution in [1.29, 1.82) is 0 Å². The van der Waals surface area contributed by atoms with Crippen molar-refractivity contribution in [3.63, 3.8) is 0 Å². The fraction of sp³-hybridized carbons (Fsp3) is 0.812. The minimum atomic E-state index is 0. The van der Waals surface area contributed by atoms with Gasteiger partial charge in [-0.15, -0.1) is 24.0 Å². The van der Waals surface area contributed by atoms with E-state index in [1.54, 1.807) is 0 Å². The van der Waals surface area contributed by atoms with Gasteiger partial charge in [0.05, 0.1) is 13.1 Å². The van der Waals surface area contributed by atoms with E-state index in [2.05, 4.69) is 59.3 Å². The molecule has 0 aromatic carbocycles. The van der Waals surface area contributed by atoms with E-state index in [0.29, 0.717) is 6.04 Å². The lowest BCUT2D eigenvalue weighted by molar-refractivity contribution is 0.392. The Labute approximate surface area is 167 Å². The topological polar surface area (TPSA) is 67.1 Å². The van der Waals surface area contributed by atoms with Crippen LogP contribution >= 0.6 is 35.7 Å². The van der Waals surface area contributed by atoms with Crippen molar-refractivity contribution in [3.05, 3.63) is 11.6 Å². The van der Waals surface area contributed by atoms with Crippen LogP contribution in [-0.4, -0.2) is 50.9 Å². The molecule has 0 amide bonds. The summed E-state index contributed by atoms with van der Waals surface area (Å²) in [6.07, 6.45) is 5.07. The number of hydrogen-bond acceptors (Lipinski definition) is 4. The van der Waals surface area contributed by atoms with Crippen LogP contribution in [0.2, 0.25) is 0 Å². The molecule has 0 spiro atoms. The lowest BCUT2D eigenvalue weighted by atomic mass is 10.1. The smallest absolute Gasteiger partial charge is 0.191 e. The Morgan fingerprint density at radius 2 is 2.17 bits per heavy atom. The monoisotopic (exact) mass is 466 g/mol. The van der Waals surface area contributed by atoms with Crippen LogP contribution in [0.4, 0.5) is 0 Å². The summed E-state index contributed by atoms with van der Waals surface area (Å²) >= 11 is 1.84. The van der Waals surface area contributed by atoms with Gasteiger partial charge < -0.3 is 10.6 Å². The molecule has 8 heteroatoms. The molecule has 2 N–H and O–H groups in total. The number of halogens is 1. The number of thioether (sulfide) groups is 1. The van der Waals surface area contributed by atoms with Crippen molar-refractivity contribution in [2.45, 2.75) is 64.3 Å². The summed E-state index contributed by atoms with van der Waals surface area (Å²) in [5.41, 5.74) is 0. The summed E-state index contributed by atoms with van der Waals surface area (Å²) in [6, 6.07) is 0.351. The number of aryl methyl sites for hydroxylation is 2. The second kappa shape index (κ2) is 9.84. The van der Waals surface area contributed by atoms with Crippen LogP contribution in [-0.2, 0) is 19.4 Å². The number of nitrogens with one attached hydrogen (secondary N) is 2. The van der Waals surface area contributed by atoms with Crippen LogP contribution in [0.1, 0.15) is 45.8 Å². The standard InChI is InChI=1S/C16H30N6S.HI/c1-6-13-20-14-9-8-12(10-22(14)21-13)19-15(17-7-2)18-11-16(3,4)23-5;/h12H,6-11H2,1-5H3,(H2,17,18,19);1H. The fourth-order valence-corrected chi connectivity index (χ4v) is 2.67. The molecule has 1 unspecified atom stereocenters. The minimum absolute atomic E-state index is 0. The van der Waals surface area contributed by atoms with Crippen molar-refractivity contribution in [2.24, 2.45) is 4.99 Å². The van der Waals surface area contributed by atoms with Gasteiger partial charge >= 0.3 is 0 Å². The second-order valence-electron chi connectivity index (χ2n) is 6.52. The molecule has 138 valence electrons. The van der Waals surface area contributed by atoms with Gasteiger partial charge in [0, 0.05) is 30.2 Å². The summed E-state index contributed by atoms with van der Waals surface area (Å²) in [4.78, 5) is 9.33. The molecule has 0 aliphatic carbocycles. The Morgan fingerprint density at radius 1 is 1.42 bits per heavy atom. The van der Waals surface area contributed by atoms with E-state index < -0.39 is 0 Å². The first-order chi connectivity index (χ1) is 11.0.